The van der Waals surface area contributed by atoms with Gasteiger partial charge in [-0.3, -0.25) is 0 Å². The van der Waals surface area contributed by atoms with Crippen molar-refractivity contribution in [3.63, 3.8) is 0 Å². The van der Waals surface area contributed by atoms with Gasteiger partial charge in [0.2, 0.25) is 0 Å². The largest absolute Gasteiger partial charge is 0.397 e. The molecule has 3 nitrogen and oxygen atoms in total. The highest BCUT2D eigenvalue weighted by Gasteiger charge is 2.17. The van der Waals surface area contributed by atoms with E-state index < -0.39 is 11.6 Å². The molecule has 5 heteroatoms. The number of halogens is 2. The fourth-order valence-electron chi connectivity index (χ4n) is 2.50. The molecule has 0 bridgehead atoms. The molecular formula is C14H21F2N3. The van der Waals surface area contributed by atoms with Crippen LogP contribution in [0.2, 0.25) is 0 Å². The SMILES string of the molecule is CN1CCC(CCNc2c(N)ccc(F)c2F)CC1. The summed E-state index contributed by atoms with van der Waals surface area (Å²) in [4.78, 5) is 2.31. The lowest BCUT2D eigenvalue weighted by molar-refractivity contribution is 0.215. The summed E-state index contributed by atoms with van der Waals surface area (Å²) in [6.07, 6.45) is 3.29. The maximum Gasteiger partial charge on any atom is 0.183 e. The molecule has 0 atom stereocenters. The number of hydrogen-bond acceptors (Lipinski definition) is 3. The molecule has 2 rings (SSSR count). The van der Waals surface area contributed by atoms with Gasteiger partial charge in [-0.25, -0.2) is 8.78 Å². The molecule has 0 aliphatic carbocycles. The third-order valence-corrected chi connectivity index (χ3v) is 3.82. The van der Waals surface area contributed by atoms with E-state index in [1.807, 2.05) is 0 Å². The zero-order chi connectivity index (χ0) is 13.8. The molecule has 1 fully saturated rings. The van der Waals surface area contributed by atoms with Crippen molar-refractivity contribution in [2.24, 2.45) is 5.92 Å². The summed E-state index contributed by atoms with van der Waals surface area (Å²) >= 11 is 0. The Morgan fingerprint density at radius 1 is 1.32 bits per heavy atom. The molecule has 0 saturated carbocycles. The van der Waals surface area contributed by atoms with Crippen LogP contribution >= 0.6 is 0 Å². The normalized spacial score (nSPS) is 17.6. The number of likely N-dealkylation sites (tertiary alicyclic amines) is 1. The third kappa shape index (κ3) is 3.56. The van der Waals surface area contributed by atoms with Crippen LogP contribution in [-0.2, 0) is 0 Å². The molecule has 0 amide bonds. The van der Waals surface area contributed by atoms with Crippen molar-refractivity contribution in [2.45, 2.75) is 19.3 Å². The third-order valence-electron chi connectivity index (χ3n) is 3.82. The van der Waals surface area contributed by atoms with E-state index in [2.05, 4.69) is 17.3 Å². The van der Waals surface area contributed by atoms with E-state index in [-0.39, 0.29) is 11.4 Å². The van der Waals surface area contributed by atoms with Crippen LogP contribution in [0.3, 0.4) is 0 Å². The van der Waals surface area contributed by atoms with Crippen molar-refractivity contribution in [2.75, 3.05) is 37.7 Å². The van der Waals surface area contributed by atoms with E-state index >= 15 is 0 Å². The van der Waals surface area contributed by atoms with Gasteiger partial charge in [0, 0.05) is 6.54 Å². The van der Waals surface area contributed by atoms with E-state index in [0.717, 1.165) is 25.6 Å². The summed E-state index contributed by atoms with van der Waals surface area (Å²) in [5.74, 6) is -1.10. The molecule has 1 aromatic carbocycles. The van der Waals surface area contributed by atoms with Gasteiger partial charge in [-0.2, -0.15) is 0 Å². The minimum Gasteiger partial charge on any atom is -0.397 e. The molecule has 1 heterocycles. The Morgan fingerprint density at radius 3 is 2.68 bits per heavy atom. The lowest BCUT2D eigenvalue weighted by Gasteiger charge is -2.29. The molecule has 1 aliphatic rings. The number of nitrogens with two attached hydrogens (primary N) is 1. The summed E-state index contributed by atoms with van der Waals surface area (Å²) in [6.45, 7) is 2.85. The summed E-state index contributed by atoms with van der Waals surface area (Å²) in [5, 5.41) is 2.93. The molecular weight excluding hydrogens is 248 g/mol. The maximum absolute atomic E-state index is 13.6. The second-order valence-electron chi connectivity index (χ2n) is 5.29. The van der Waals surface area contributed by atoms with Crippen LogP contribution in [0.25, 0.3) is 0 Å². The van der Waals surface area contributed by atoms with Crippen molar-refractivity contribution in [1.82, 2.24) is 4.90 Å². The molecule has 1 saturated heterocycles. The molecule has 0 radical (unpaired) electrons. The van der Waals surface area contributed by atoms with Crippen LogP contribution < -0.4 is 11.1 Å². The fourth-order valence-corrected chi connectivity index (χ4v) is 2.50. The first kappa shape index (κ1) is 14.1. The van der Waals surface area contributed by atoms with Crippen molar-refractivity contribution < 1.29 is 8.78 Å². The first-order valence-electron chi connectivity index (χ1n) is 6.74. The van der Waals surface area contributed by atoms with E-state index in [0.29, 0.717) is 12.5 Å². The van der Waals surface area contributed by atoms with E-state index in [1.165, 1.54) is 18.9 Å². The number of benzene rings is 1. The van der Waals surface area contributed by atoms with Crippen molar-refractivity contribution in [3.05, 3.63) is 23.8 Å². The highest BCUT2D eigenvalue weighted by Crippen LogP contribution is 2.25. The predicted octanol–water partition coefficient (Wildman–Crippen LogP) is 2.69. The second-order valence-corrected chi connectivity index (χ2v) is 5.29. The fraction of sp³-hybridized carbons (Fsp3) is 0.571. The Hall–Kier alpha value is -1.36. The standard InChI is InChI=1S/C14H21F2N3/c1-19-8-5-10(6-9-19)4-7-18-14-12(17)3-2-11(15)13(14)16/h2-3,10,18H,4-9,17H2,1H3. The van der Waals surface area contributed by atoms with Crippen LogP contribution in [0, 0.1) is 17.6 Å². The predicted molar refractivity (Wildman–Crippen MR) is 74.1 cm³/mol. The van der Waals surface area contributed by atoms with Gasteiger partial charge in [0.05, 0.1) is 11.4 Å². The first-order chi connectivity index (χ1) is 9.08. The Labute approximate surface area is 112 Å². The average molecular weight is 269 g/mol. The highest BCUT2D eigenvalue weighted by molar-refractivity contribution is 5.66. The monoisotopic (exact) mass is 269 g/mol. The van der Waals surface area contributed by atoms with Crippen LogP contribution in [0.15, 0.2) is 12.1 Å². The van der Waals surface area contributed by atoms with Gasteiger partial charge in [-0.1, -0.05) is 0 Å². The Bertz CT molecular complexity index is 429. The van der Waals surface area contributed by atoms with Crippen molar-refractivity contribution in [1.29, 1.82) is 0 Å². The number of hydrogen-bond donors (Lipinski definition) is 2. The van der Waals surface area contributed by atoms with E-state index in [9.17, 15) is 8.78 Å². The zero-order valence-electron chi connectivity index (χ0n) is 11.3. The summed E-state index contributed by atoms with van der Waals surface area (Å²) < 4.78 is 26.7. The Morgan fingerprint density at radius 2 is 2.00 bits per heavy atom. The molecule has 0 unspecified atom stereocenters. The minimum atomic E-state index is -0.886. The highest BCUT2D eigenvalue weighted by atomic mass is 19.2. The van der Waals surface area contributed by atoms with E-state index in [4.69, 9.17) is 5.73 Å². The lowest BCUT2D eigenvalue weighted by atomic mass is 9.94. The summed E-state index contributed by atoms with van der Waals surface area (Å²) in [7, 11) is 2.12. The van der Waals surface area contributed by atoms with Crippen LogP contribution in [0.4, 0.5) is 20.2 Å². The van der Waals surface area contributed by atoms with Gasteiger partial charge in [-0.05, 0) is 57.5 Å². The van der Waals surface area contributed by atoms with Crippen LogP contribution in [-0.4, -0.2) is 31.6 Å². The topological polar surface area (TPSA) is 41.3 Å². The van der Waals surface area contributed by atoms with Gasteiger partial charge >= 0.3 is 0 Å². The minimum absolute atomic E-state index is 0.0907. The van der Waals surface area contributed by atoms with Crippen LogP contribution in [0.5, 0.6) is 0 Å². The van der Waals surface area contributed by atoms with Gasteiger partial charge in [0.25, 0.3) is 0 Å². The molecule has 106 valence electrons. The molecule has 3 N–H and O–H groups in total. The smallest absolute Gasteiger partial charge is 0.183 e. The first-order valence-corrected chi connectivity index (χ1v) is 6.74. The summed E-state index contributed by atoms with van der Waals surface area (Å²) in [5.41, 5.74) is 5.99. The molecule has 0 spiro atoms. The maximum atomic E-state index is 13.6. The number of rotatable bonds is 4. The lowest BCUT2D eigenvalue weighted by Crippen LogP contribution is -2.30. The van der Waals surface area contributed by atoms with E-state index in [1.54, 1.807) is 0 Å². The van der Waals surface area contributed by atoms with Crippen LogP contribution in [0.1, 0.15) is 19.3 Å². The van der Waals surface area contributed by atoms with Gasteiger partial charge in [0.15, 0.2) is 11.6 Å². The number of nitrogens with one attached hydrogen (secondary N) is 1. The number of anilines is 2. The van der Waals surface area contributed by atoms with Gasteiger partial charge in [0.1, 0.15) is 0 Å². The Balaban J connectivity index is 1.84. The second kappa shape index (κ2) is 6.19. The number of piperidine rings is 1. The van der Waals surface area contributed by atoms with Crippen molar-refractivity contribution >= 4 is 11.4 Å². The number of nitrogens with zero attached hydrogens (tertiary/aromatic N) is 1. The molecule has 1 aromatic rings. The Kier molecular flexibility index (Phi) is 4.58. The molecule has 1 aliphatic heterocycles. The summed E-state index contributed by atoms with van der Waals surface area (Å²) in [6, 6.07) is 2.43. The van der Waals surface area contributed by atoms with Gasteiger partial charge < -0.3 is 16.0 Å². The average Bonchev–Trinajstić information content (AvgIpc) is 2.40. The molecule has 19 heavy (non-hydrogen) atoms. The number of nitrogen functional groups attached to an aromatic ring is 1. The van der Waals surface area contributed by atoms with Gasteiger partial charge in [-0.15, -0.1) is 0 Å². The zero-order valence-corrected chi connectivity index (χ0v) is 11.3. The molecule has 0 aromatic heterocycles. The van der Waals surface area contributed by atoms with Crippen molar-refractivity contribution in [3.8, 4) is 0 Å². The quantitative estimate of drug-likeness (QED) is 0.826.